The molecular formula is C34H33NO2. The van der Waals surface area contributed by atoms with E-state index >= 15 is 0 Å². The van der Waals surface area contributed by atoms with E-state index in [1.165, 1.54) is 49.6 Å². The van der Waals surface area contributed by atoms with E-state index in [0.29, 0.717) is 0 Å². The van der Waals surface area contributed by atoms with E-state index in [4.69, 9.17) is 9.47 Å². The molecule has 0 saturated heterocycles. The zero-order valence-electron chi connectivity index (χ0n) is 22.7. The summed E-state index contributed by atoms with van der Waals surface area (Å²) in [7, 11) is 0. The summed E-state index contributed by atoms with van der Waals surface area (Å²) in [6.07, 6.45) is 0. The van der Waals surface area contributed by atoms with Crippen LogP contribution in [0.1, 0.15) is 55.5 Å². The largest absolute Gasteiger partial charge is 0.450 e. The summed E-state index contributed by atoms with van der Waals surface area (Å²) < 4.78 is 16.0. The molecule has 1 unspecified atom stereocenters. The average Bonchev–Trinajstić information content (AvgIpc) is 3.37. The predicted octanol–water partition coefficient (Wildman–Crippen LogP) is 8.45. The molecule has 0 radical (unpaired) electrons. The van der Waals surface area contributed by atoms with Gasteiger partial charge in [-0.15, -0.1) is 0 Å². The maximum absolute atomic E-state index is 6.86. The first kappa shape index (κ1) is 22.5. The number of aryl methyl sites for hydroxylation is 3. The molecule has 3 nitrogen and oxygen atoms in total. The summed E-state index contributed by atoms with van der Waals surface area (Å²) in [5.74, 6) is 0.996. The van der Waals surface area contributed by atoms with Crippen LogP contribution in [-0.2, 0) is 10.8 Å². The maximum atomic E-state index is 6.86. The fourth-order valence-electron chi connectivity index (χ4n) is 6.96. The molecule has 2 aliphatic rings. The van der Waals surface area contributed by atoms with Gasteiger partial charge in [0.15, 0.2) is 0 Å². The summed E-state index contributed by atoms with van der Waals surface area (Å²) in [5, 5.41) is 2.58. The van der Waals surface area contributed by atoms with Gasteiger partial charge in [0.05, 0.1) is 21.9 Å². The Morgan fingerprint density at radius 3 is 1.57 bits per heavy atom. The molecule has 4 aromatic carbocycles. The van der Waals surface area contributed by atoms with E-state index in [2.05, 4.69) is 126 Å². The van der Waals surface area contributed by atoms with Crippen LogP contribution >= 0.6 is 0 Å². The lowest BCUT2D eigenvalue weighted by molar-refractivity contribution is -0.169. The molecule has 0 bridgehead atoms. The van der Waals surface area contributed by atoms with Gasteiger partial charge in [-0.05, 0) is 97.0 Å². The third kappa shape index (κ3) is 2.72. The Morgan fingerprint density at radius 1 is 0.541 bits per heavy atom. The second-order valence-electron chi connectivity index (χ2n) is 12.1. The van der Waals surface area contributed by atoms with Crippen LogP contribution in [0.25, 0.3) is 27.5 Å². The van der Waals surface area contributed by atoms with Crippen molar-refractivity contribution in [3.8, 4) is 17.2 Å². The quantitative estimate of drug-likeness (QED) is 0.237. The maximum Gasteiger partial charge on any atom is 0.269 e. The first-order valence-electron chi connectivity index (χ1n) is 13.2. The molecule has 3 heteroatoms. The van der Waals surface area contributed by atoms with Crippen LogP contribution in [0.4, 0.5) is 0 Å². The highest BCUT2D eigenvalue weighted by atomic mass is 16.7. The Labute approximate surface area is 218 Å². The lowest BCUT2D eigenvalue weighted by Crippen LogP contribution is -2.61. The molecule has 0 amide bonds. The second-order valence-corrected chi connectivity index (χ2v) is 12.1. The lowest BCUT2D eigenvalue weighted by Gasteiger charge is -2.44. The van der Waals surface area contributed by atoms with E-state index < -0.39 is 5.79 Å². The Kier molecular flexibility index (Phi) is 4.24. The Balaban J connectivity index is 1.43. The lowest BCUT2D eigenvalue weighted by atomic mass is 9.65. The average molecular weight is 488 g/mol. The van der Waals surface area contributed by atoms with Crippen molar-refractivity contribution in [2.45, 2.75) is 65.1 Å². The van der Waals surface area contributed by atoms with Crippen LogP contribution in [0.15, 0.2) is 72.8 Å². The van der Waals surface area contributed by atoms with Crippen LogP contribution in [0.5, 0.6) is 11.5 Å². The SMILES string of the molecule is Cc1ccc2c(c1)C(C)(C)C1(O2)Oc2ccc(-n3c4ccc(C)cc4c4cc(C)ccc43)cc2C1(C)C. The number of nitrogens with zero attached hydrogens (tertiary/aromatic N) is 1. The minimum Gasteiger partial charge on any atom is -0.450 e. The summed E-state index contributed by atoms with van der Waals surface area (Å²) in [5.41, 5.74) is 9.03. The summed E-state index contributed by atoms with van der Waals surface area (Å²) in [6.45, 7) is 15.5. The highest BCUT2D eigenvalue weighted by Gasteiger charge is 2.69. The molecular weight excluding hydrogens is 454 g/mol. The van der Waals surface area contributed by atoms with Gasteiger partial charge in [-0.3, -0.25) is 0 Å². The number of fused-ring (bicyclic) bond motifs is 5. The molecule has 2 aliphatic heterocycles. The van der Waals surface area contributed by atoms with Gasteiger partial charge in [-0.1, -0.05) is 41.0 Å². The van der Waals surface area contributed by atoms with E-state index in [1.54, 1.807) is 0 Å². The third-order valence-corrected chi connectivity index (χ3v) is 8.93. The first-order chi connectivity index (χ1) is 17.5. The normalized spacial score (nSPS) is 20.7. The van der Waals surface area contributed by atoms with Crippen molar-refractivity contribution >= 4 is 21.8 Å². The third-order valence-electron chi connectivity index (χ3n) is 8.93. The smallest absolute Gasteiger partial charge is 0.269 e. The van der Waals surface area contributed by atoms with Crippen molar-refractivity contribution < 1.29 is 9.47 Å². The number of aromatic nitrogens is 1. The fourth-order valence-corrected chi connectivity index (χ4v) is 6.96. The van der Waals surface area contributed by atoms with Gasteiger partial charge < -0.3 is 14.0 Å². The molecule has 37 heavy (non-hydrogen) atoms. The van der Waals surface area contributed by atoms with E-state index in [1.807, 2.05) is 0 Å². The highest BCUT2D eigenvalue weighted by molar-refractivity contribution is 6.09. The molecule has 0 fully saturated rings. The number of hydrogen-bond donors (Lipinski definition) is 0. The summed E-state index contributed by atoms with van der Waals surface area (Å²) in [6, 6.07) is 26.6. The molecule has 7 rings (SSSR count). The molecule has 0 N–H and O–H groups in total. The standard InChI is InChI=1S/C34H33NO2/c1-20-8-12-28-24(16-20)25-17-21(2)9-13-29(25)35(28)23-11-15-31-27(19-23)33(6,7)34(37-31)32(4,5)26-18-22(3)10-14-30(26)36-34/h8-19H,1-7H3. The van der Waals surface area contributed by atoms with Gasteiger partial charge in [-0.25, -0.2) is 0 Å². The Hall–Kier alpha value is -3.72. The monoisotopic (exact) mass is 487 g/mol. The van der Waals surface area contributed by atoms with Crippen LogP contribution in [-0.4, -0.2) is 10.4 Å². The molecule has 3 heterocycles. The zero-order valence-corrected chi connectivity index (χ0v) is 22.7. The first-order valence-corrected chi connectivity index (χ1v) is 13.2. The van der Waals surface area contributed by atoms with Crippen LogP contribution in [0, 0.1) is 20.8 Å². The topological polar surface area (TPSA) is 23.4 Å². The van der Waals surface area contributed by atoms with Gasteiger partial charge in [0.25, 0.3) is 5.79 Å². The van der Waals surface area contributed by atoms with Gasteiger partial charge in [0.2, 0.25) is 0 Å². The van der Waals surface area contributed by atoms with E-state index in [0.717, 1.165) is 17.2 Å². The van der Waals surface area contributed by atoms with Crippen molar-refractivity contribution in [1.29, 1.82) is 0 Å². The fraction of sp³-hybridized carbons (Fsp3) is 0.294. The van der Waals surface area contributed by atoms with Gasteiger partial charge in [0.1, 0.15) is 11.5 Å². The summed E-state index contributed by atoms with van der Waals surface area (Å²) in [4.78, 5) is 0. The Morgan fingerprint density at radius 2 is 1.00 bits per heavy atom. The predicted molar refractivity (Wildman–Crippen MR) is 151 cm³/mol. The van der Waals surface area contributed by atoms with Gasteiger partial charge >= 0.3 is 0 Å². The molecule has 1 spiro atoms. The van der Waals surface area contributed by atoms with Crippen molar-refractivity contribution in [2.24, 2.45) is 0 Å². The van der Waals surface area contributed by atoms with Crippen LogP contribution in [0.3, 0.4) is 0 Å². The van der Waals surface area contributed by atoms with Gasteiger partial charge in [0, 0.05) is 27.6 Å². The van der Waals surface area contributed by atoms with Crippen molar-refractivity contribution in [2.75, 3.05) is 0 Å². The molecule has 1 atom stereocenters. The number of benzene rings is 4. The van der Waals surface area contributed by atoms with Gasteiger partial charge in [-0.2, -0.15) is 0 Å². The van der Waals surface area contributed by atoms with Crippen LogP contribution in [0.2, 0.25) is 0 Å². The molecule has 186 valence electrons. The molecule has 0 aliphatic carbocycles. The second kappa shape index (κ2) is 6.98. The van der Waals surface area contributed by atoms with E-state index in [-0.39, 0.29) is 10.8 Å². The van der Waals surface area contributed by atoms with E-state index in [9.17, 15) is 0 Å². The molecule has 5 aromatic rings. The molecule has 0 saturated carbocycles. The number of rotatable bonds is 1. The highest BCUT2D eigenvalue weighted by Crippen LogP contribution is 2.62. The summed E-state index contributed by atoms with van der Waals surface area (Å²) >= 11 is 0. The number of ether oxygens (including phenoxy) is 2. The van der Waals surface area contributed by atoms with Crippen LogP contribution < -0.4 is 9.47 Å². The minimum absolute atomic E-state index is 0.334. The van der Waals surface area contributed by atoms with Crippen molar-refractivity contribution in [1.82, 2.24) is 4.57 Å². The van der Waals surface area contributed by atoms with Crippen molar-refractivity contribution in [3.05, 3.63) is 101 Å². The molecule has 1 aromatic heterocycles. The number of hydrogen-bond acceptors (Lipinski definition) is 2. The zero-order chi connectivity index (χ0) is 25.9. The Bertz CT molecular complexity index is 1710. The minimum atomic E-state index is -0.827. The van der Waals surface area contributed by atoms with Crippen molar-refractivity contribution in [3.63, 3.8) is 0 Å².